The smallest absolute Gasteiger partial charge is 0.293 e. The van der Waals surface area contributed by atoms with E-state index < -0.39 is 20.6 Å². The third-order valence-electron chi connectivity index (χ3n) is 3.85. The number of nitrogens with two attached hydrogens (primary N) is 1. The molecule has 0 amide bonds. The number of nitro benzene ring substituents is 1. The monoisotopic (exact) mass is 299 g/mol. The maximum Gasteiger partial charge on any atom is 0.293 e. The molecule has 0 bridgehead atoms. The Hall–Kier alpha value is -1.67. The Morgan fingerprint density at radius 2 is 2.10 bits per heavy atom. The van der Waals surface area contributed by atoms with Gasteiger partial charge in [0.25, 0.3) is 5.69 Å². The van der Waals surface area contributed by atoms with Crippen molar-refractivity contribution in [2.24, 2.45) is 5.41 Å². The lowest BCUT2D eigenvalue weighted by molar-refractivity contribution is -0.384. The Balaban J connectivity index is 2.21. The first kappa shape index (κ1) is 14.7. The normalized spacial score (nSPS) is 16.9. The third-order valence-corrected chi connectivity index (χ3v) is 5.25. The molecule has 1 aromatic rings. The number of nitro groups is 1. The molecule has 1 aliphatic carbocycles. The minimum absolute atomic E-state index is 0.0545. The first-order valence-corrected chi connectivity index (χ1v) is 7.82. The lowest BCUT2D eigenvalue weighted by atomic mass is 10.1. The van der Waals surface area contributed by atoms with Crippen LogP contribution in [0.25, 0.3) is 0 Å². The van der Waals surface area contributed by atoms with Gasteiger partial charge in [0, 0.05) is 12.6 Å². The summed E-state index contributed by atoms with van der Waals surface area (Å²) < 4.78 is 26.8. The van der Waals surface area contributed by atoms with Gasteiger partial charge in [-0.3, -0.25) is 10.1 Å². The van der Waals surface area contributed by atoms with E-state index in [1.807, 2.05) is 6.92 Å². The second-order valence-electron chi connectivity index (χ2n) is 5.16. The second-order valence-corrected chi connectivity index (χ2v) is 6.92. The molecule has 0 spiro atoms. The van der Waals surface area contributed by atoms with Crippen molar-refractivity contribution >= 4 is 21.4 Å². The lowest BCUT2D eigenvalue weighted by Gasteiger charge is -2.13. The van der Waals surface area contributed by atoms with Gasteiger partial charge in [0.15, 0.2) is 0 Å². The van der Waals surface area contributed by atoms with Gasteiger partial charge in [-0.15, -0.1) is 0 Å². The molecule has 0 atom stereocenters. The van der Waals surface area contributed by atoms with E-state index in [1.54, 1.807) is 0 Å². The number of hydrogen-bond donors (Lipinski definition) is 2. The van der Waals surface area contributed by atoms with Gasteiger partial charge in [-0.2, -0.15) is 0 Å². The van der Waals surface area contributed by atoms with Crippen LogP contribution in [0, 0.1) is 15.5 Å². The van der Waals surface area contributed by atoms with E-state index >= 15 is 0 Å². The van der Waals surface area contributed by atoms with E-state index in [1.165, 1.54) is 12.1 Å². The molecule has 110 valence electrons. The molecule has 2 rings (SSSR count). The summed E-state index contributed by atoms with van der Waals surface area (Å²) in [5, 5.41) is 10.8. The summed E-state index contributed by atoms with van der Waals surface area (Å²) in [5.41, 5.74) is 5.06. The molecular formula is C12H17N3O4S. The molecule has 0 aliphatic heterocycles. The van der Waals surface area contributed by atoms with Gasteiger partial charge in [-0.05, 0) is 36.8 Å². The Morgan fingerprint density at radius 1 is 1.45 bits per heavy atom. The van der Waals surface area contributed by atoms with Crippen LogP contribution in [-0.4, -0.2) is 19.9 Å². The molecule has 0 heterocycles. The van der Waals surface area contributed by atoms with Gasteiger partial charge < -0.3 is 5.73 Å². The number of benzene rings is 1. The fraction of sp³-hybridized carbons (Fsp3) is 0.500. The molecule has 0 aromatic heterocycles. The van der Waals surface area contributed by atoms with Gasteiger partial charge in [-0.25, -0.2) is 13.1 Å². The molecule has 0 saturated heterocycles. The fourth-order valence-corrected chi connectivity index (χ4v) is 3.19. The van der Waals surface area contributed by atoms with Crippen LogP contribution >= 0.6 is 0 Å². The summed E-state index contributed by atoms with van der Waals surface area (Å²) in [7, 11) is -3.75. The zero-order valence-electron chi connectivity index (χ0n) is 11.1. The van der Waals surface area contributed by atoms with Crippen molar-refractivity contribution in [3.8, 4) is 0 Å². The van der Waals surface area contributed by atoms with E-state index in [0.29, 0.717) is 6.54 Å². The minimum atomic E-state index is -3.75. The van der Waals surface area contributed by atoms with Crippen LogP contribution in [0.1, 0.15) is 26.2 Å². The molecule has 1 aromatic carbocycles. The van der Waals surface area contributed by atoms with Crippen molar-refractivity contribution in [2.75, 3.05) is 12.3 Å². The molecule has 7 nitrogen and oxygen atoms in total. The number of rotatable bonds is 6. The SMILES string of the molecule is CCC1(CNS(=O)(=O)c2ccc(N)c([N+](=O)[O-])c2)CC1. The van der Waals surface area contributed by atoms with Crippen molar-refractivity contribution in [3.63, 3.8) is 0 Å². The highest BCUT2D eigenvalue weighted by Gasteiger charge is 2.41. The zero-order valence-corrected chi connectivity index (χ0v) is 11.9. The molecule has 1 saturated carbocycles. The quantitative estimate of drug-likeness (QED) is 0.470. The summed E-state index contributed by atoms with van der Waals surface area (Å²) >= 11 is 0. The van der Waals surface area contributed by atoms with E-state index in [0.717, 1.165) is 25.3 Å². The average Bonchev–Trinajstić information content (AvgIpc) is 3.17. The topological polar surface area (TPSA) is 115 Å². The van der Waals surface area contributed by atoms with E-state index in [-0.39, 0.29) is 16.0 Å². The van der Waals surface area contributed by atoms with Gasteiger partial charge in [0.2, 0.25) is 10.0 Å². The highest BCUT2D eigenvalue weighted by Crippen LogP contribution is 2.48. The molecule has 0 unspecified atom stereocenters. The predicted molar refractivity (Wildman–Crippen MR) is 74.7 cm³/mol. The van der Waals surface area contributed by atoms with Crippen LogP contribution < -0.4 is 10.5 Å². The van der Waals surface area contributed by atoms with Crippen molar-refractivity contribution in [1.82, 2.24) is 4.72 Å². The van der Waals surface area contributed by atoms with Gasteiger partial charge in [0.1, 0.15) is 5.69 Å². The number of sulfonamides is 1. The number of anilines is 1. The summed E-state index contributed by atoms with van der Waals surface area (Å²) in [4.78, 5) is 9.96. The molecule has 8 heteroatoms. The first-order chi connectivity index (χ1) is 9.30. The van der Waals surface area contributed by atoms with E-state index in [4.69, 9.17) is 5.73 Å². The van der Waals surface area contributed by atoms with Crippen molar-refractivity contribution in [2.45, 2.75) is 31.1 Å². The average molecular weight is 299 g/mol. The van der Waals surface area contributed by atoms with Crippen LogP contribution in [-0.2, 0) is 10.0 Å². The zero-order chi connectivity index (χ0) is 15.0. The highest BCUT2D eigenvalue weighted by molar-refractivity contribution is 7.89. The van der Waals surface area contributed by atoms with E-state index in [2.05, 4.69) is 4.72 Å². The van der Waals surface area contributed by atoms with Crippen LogP contribution in [0.4, 0.5) is 11.4 Å². The lowest BCUT2D eigenvalue weighted by Crippen LogP contribution is -2.30. The molecule has 1 aliphatic rings. The fourth-order valence-electron chi connectivity index (χ4n) is 2.01. The van der Waals surface area contributed by atoms with Gasteiger partial charge >= 0.3 is 0 Å². The molecule has 20 heavy (non-hydrogen) atoms. The summed E-state index contributed by atoms with van der Waals surface area (Å²) in [6.45, 7) is 2.39. The van der Waals surface area contributed by atoms with E-state index in [9.17, 15) is 18.5 Å². The van der Waals surface area contributed by atoms with Crippen LogP contribution in [0.5, 0.6) is 0 Å². The predicted octanol–water partition coefficient (Wildman–Crippen LogP) is 1.65. The third kappa shape index (κ3) is 2.91. The van der Waals surface area contributed by atoms with Gasteiger partial charge in [0.05, 0.1) is 9.82 Å². The van der Waals surface area contributed by atoms with Crippen molar-refractivity contribution < 1.29 is 13.3 Å². The van der Waals surface area contributed by atoms with Crippen molar-refractivity contribution in [1.29, 1.82) is 0 Å². The number of hydrogen-bond acceptors (Lipinski definition) is 5. The number of nitrogens with zero attached hydrogens (tertiary/aromatic N) is 1. The Kier molecular flexibility index (Phi) is 3.70. The summed E-state index contributed by atoms with van der Waals surface area (Å²) in [6, 6.07) is 3.50. The molecular weight excluding hydrogens is 282 g/mol. The maximum absolute atomic E-state index is 12.1. The minimum Gasteiger partial charge on any atom is -0.393 e. The molecule has 3 N–H and O–H groups in total. The molecule has 0 radical (unpaired) electrons. The molecule has 1 fully saturated rings. The Morgan fingerprint density at radius 3 is 2.60 bits per heavy atom. The van der Waals surface area contributed by atoms with Crippen LogP contribution in [0.3, 0.4) is 0 Å². The Labute approximate surface area is 117 Å². The van der Waals surface area contributed by atoms with Gasteiger partial charge in [-0.1, -0.05) is 6.92 Å². The second kappa shape index (κ2) is 5.02. The number of nitrogen functional groups attached to an aromatic ring is 1. The largest absolute Gasteiger partial charge is 0.393 e. The van der Waals surface area contributed by atoms with Crippen LogP contribution in [0.2, 0.25) is 0 Å². The number of nitrogens with one attached hydrogen (secondary N) is 1. The van der Waals surface area contributed by atoms with Crippen LogP contribution in [0.15, 0.2) is 23.1 Å². The standard InChI is InChI=1S/C12H17N3O4S/c1-2-12(5-6-12)8-14-20(18,19)9-3-4-10(13)11(7-9)15(16)17/h3-4,7,14H,2,5-6,8,13H2,1H3. The summed E-state index contributed by atoms with van der Waals surface area (Å²) in [6.07, 6.45) is 2.93. The maximum atomic E-state index is 12.1. The summed E-state index contributed by atoms with van der Waals surface area (Å²) in [5.74, 6) is 0. The Bertz CT molecular complexity index is 638. The first-order valence-electron chi connectivity index (χ1n) is 6.33. The van der Waals surface area contributed by atoms with Crippen molar-refractivity contribution in [3.05, 3.63) is 28.3 Å². The highest BCUT2D eigenvalue weighted by atomic mass is 32.2.